The molecule has 102 valence electrons. The second-order valence-electron chi connectivity index (χ2n) is 4.44. The number of hydrogen-bond donors (Lipinski definition) is 2. The molecule has 6 nitrogen and oxygen atoms in total. The molecule has 0 radical (unpaired) electrons. The molecule has 2 N–H and O–H groups in total. The molecule has 1 aliphatic heterocycles. The van der Waals surface area contributed by atoms with Gasteiger partial charge in [-0.05, 0) is 18.6 Å². The Morgan fingerprint density at radius 2 is 2.37 bits per heavy atom. The molecule has 1 saturated heterocycles. The molecule has 2 heterocycles. The number of rotatable bonds is 4. The molecule has 0 saturated carbocycles. The van der Waals surface area contributed by atoms with E-state index in [1.807, 2.05) is 6.07 Å². The van der Waals surface area contributed by atoms with Gasteiger partial charge in [-0.25, -0.2) is 4.98 Å². The normalized spacial score (nSPS) is 15.0. The fraction of sp³-hybridized carbons (Fsp3) is 0.462. The fourth-order valence-electron chi connectivity index (χ4n) is 1.87. The number of carbonyl (C=O) groups excluding carboxylic acids is 2. The topological polar surface area (TPSA) is 74.3 Å². The molecular formula is C13H18N4O2. The summed E-state index contributed by atoms with van der Waals surface area (Å²) in [4.78, 5) is 29.0. The first-order valence-electron chi connectivity index (χ1n) is 6.46. The van der Waals surface area contributed by atoms with Crippen LogP contribution >= 0.6 is 0 Å². The van der Waals surface area contributed by atoms with E-state index in [1.165, 1.54) is 4.90 Å². The number of aromatic nitrogens is 1. The molecule has 0 aromatic carbocycles. The van der Waals surface area contributed by atoms with Gasteiger partial charge in [0.05, 0.1) is 18.4 Å². The monoisotopic (exact) mass is 262 g/mol. The van der Waals surface area contributed by atoms with Gasteiger partial charge >= 0.3 is 0 Å². The minimum Gasteiger partial charge on any atom is -0.384 e. The average molecular weight is 262 g/mol. The number of carbonyl (C=O) groups is 2. The van der Waals surface area contributed by atoms with E-state index < -0.39 is 0 Å². The van der Waals surface area contributed by atoms with E-state index in [2.05, 4.69) is 22.5 Å². The molecule has 1 aliphatic rings. The molecule has 0 aliphatic carbocycles. The van der Waals surface area contributed by atoms with Crippen LogP contribution in [-0.4, -0.2) is 47.9 Å². The maximum atomic E-state index is 12.1. The van der Waals surface area contributed by atoms with E-state index in [1.54, 1.807) is 12.3 Å². The quantitative estimate of drug-likeness (QED) is 0.827. The Hall–Kier alpha value is -2.11. The Bertz CT molecular complexity index is 458. The SMILES string of the molecule is CCCNc1ccc(C(=O)N2CCNC(=O)C2)nc1. The lowest BCUT2D eigenvalue weighted by atomic mass is 10.2. The lowest BCUT2D eigenvalue weighted by molar-refractivity contribution is -0.123. The van der Waals surface area contributed by atoms with Crippen molar-refractivity contribution in [2.24, 2.45) is 0 Å². The van der Waals surface area contributed by atoms with E-state index in [4.69, 9.17) is 0 Å². The van der Waals surface area contributed by atoms with Gasteiger partial charge in [0.1, 0.15) is 5.69 Å². The second-order valence-corrected chi connectivity index (χ2v) is 4.44. The van der Waals surface area contributed by atoms with E-state index in [9.17, 15) is 9.59 Å². The molecule has 2 rings (SSSR count). The summed E-state index contributed by atoms with van der Waals surface area (Å²) in [6, 6.07) is 3.52. The van der Waals surface area contributed by atoms with Gasteiger partial charge in [-0.15, -0.1) is 0 Å². The first-order chi connectivity index (χ1) is 9.20. The van der Waals surface area contributed by atoms with Crippen molar-refractivity contribution in [3.8, 4) is 0 Å². The van der Waals surface area contributed by atoms with Crippen LogP contribution < -0.4 is 10.6 Å². The summed E-state index contributed by atoms with van der Waals surface area (Å²) in [6.07, 6.45) is 2.68. The third-order valence-electron chi connectivity index (χ3n) is 2.89. The highest BCUT2D eigenvalue weighted by Crippen LogP contribution is 2.09. The zero-order valence-electron chi connectivity index (χ0n) is 11.0. The van der Waals surface area contributed by atoms with Gasteiger partial charge < -0.3 is 15.5 Å². The number of anilines is 1. The highest BCUT2D eigenvalue weighted by atomic mass is 16.2. The molecule has 1 fully saturated rings. The lowest BCUT2D eigenvalue weighted by Gasteiger charge is -2.26. The van der Waals surface area contributed by atoms with E-state index in [-0.39, 0.29) is 18.4 Å². The standard InChI is InChI=1S/C13H18N4O2/c1-2-5-14-10-3-4-11(16-8-10)13(19)17-7-6-15-12(18)9-17/h3-4,8,14H,2,5-7,9H2,1H3,(H,15,18). The first-order valence-corrected chi connectivity index (χ1v) is 6.46. The van der Waals surface area contributed by atoms with Crippen LogP contribution in [-0.2, 0) is 4.79 Å². The van der Waals surface area contributed by atoms with Crippen LogP contribution in [0.25, 0.3) is 0 Å². The predicted molar refractivity (Wildman–Crippen MR) is 71.9 cm³/mol. The highest BCUT2D eigenvalue weighted by molar-refractivity contribution is 5.95. The van der Waals surface area contributed by atoms with Crippen LogP contribution in [0.5, 0.6) is 0 Å². The smallest absolute Gasteiger partial charge is 0.272 e. The minimum atomic E-state index is -0.197. The Labute approximate surface area is 112 Å². The molecule has 19 heavy (non-hydrogen) atoms. The van der Waals surface area contributed by atoms with Crippen molar-refractivity contribution in [2.45, 2.75) is 13.3 Å². The molecule has 2 amide bonds. The number of nitrogens with zero attached hydrogens (tertiary/aromatic N) is 2. The summed E-state index contributed by atoms with van der Waals surface area (Å²) in [5.74, 6) is -0.322. The molecule has 0 atom stereocenters. The maximum Gasteiger partial charge on any atom is 0.272 e. The van der Waals surface area contributed by atoms with Crippen molar-refractivity contribution in [3.63, 3.8) is 0 Å². The Morgan fingerprint density at radius 3 is 3.00 bits per heavy atom. The number of amides is 2. The second kappa shape index (κ2) is 6.17. The molecule has 0 bridgehead atoms. The molecule has 1 aromatic heterocycles. The van der Waals surface area contributed by atoms with Crippen molar-refractivity contribution in [1.82, 2.24) is 15.2 Å². The number of hydrogen-bond acceptors (Lipinski definition) is 4. The Balaban J connectivity index is 2.00. The van der Waals surface area contributed by atoms with Crippen molar-refractivity contribution in [3.05, 3.63) is 24.0 Å². The van der Waals surface area contributed by atoms with Crippen LogP contribution in [0.1, 0.15) is 23.8 Å². The third-order valence-corrected chi connectivity index (χ3v) is 2.89. The molecule has 6 heteroatoms. The highest BCUT2D eigenvalue weighted by Gasteiger charge is 2.22. The van der Waals surface area contributed by atoms with Crippen molar-refractivity contribution in [1.29, 1.82) is 0 Å². The Kier molecular flexibility index (Phi) is 4.33. The fourth-order valence-corrected chi connectivity index (χ4v) is 1.87. The van der Waals surface area contributed by atoms with E-state index in [0.717, 1.165) is 18.7 Å². The molecular weight excluding hydrogens is 244 g/mol. The van der Waals surface area contributed by atoms with Crippen LogP contribution in [0.2, 0.25) is 0 Å². The largest absolute Gasteiger partial charge is 0.384 e. The summed E-state index contributed by atoms with van der Waals surface area (Å²) >= 11 is 0. The van der Waals surface area contributed by atoms with Gasteiger partial charge in [-0.1, -0.05) is 6.92 Å². The summed E-state index contributed by atoms with van der Waals surface area (Å²) in [5, 5.41) is 5.88. The zero-order valence-corrected chi connectivity index (χ0v) is 11.0. The van der Waals surface area contributed by atoms with Crippen LogP contribution in [0.15, 0.2) is 18.3 Å². The summed E-state index contributed by atoms with van der Waals surface area (Å²) in [6.45, 7) is 4.10. The molecule has 0 spiro atoms. The van der Waals surface area contributed by atoms with Crippen LogP contribution in [0.3, 0.4) is 0 Å². The van der Waals surface area contributed by atoms with Gasteiger partial charge in [-0.2, -0.15) is 0 Å². The molecule has 1 aromatic rings. The Morgan fingerprint density at radius 1 is 1.53 bits per heavy atom. The van der Waals surface area contributed by atoms with Crippen molar-refractivity contribution in [2.75, 3.05) is 31.5 Å². The van der Waals surface area contributed by atoms with E-state index in [0.29, 0.717) is 18.8 Å². The van der Waals surface area contributed by atoms with Crippen LogP contribution in [0, 0.1) is 0 Å². The van der Waals surface area contributed by atoms with Gasteiger partial charge in [0.2, 0.25) is 5.91 Å². The summed E-state index contributed by atoms with van der Waals surface area (Å²) < 4.78 is 0. The van der Waals surface area contributed by atoms with Gasteiger partial charge in [-0.3, -0.25) is 9.59 Å². The number of piperazine rings is 1. The van der Waals surface area contributed by atoms with Crippen molar-refractivity contribution >= 4 is 17.5 Å². The number of nitrogens with one attached hydrogen (secondary N) is 2. The average Bonchev–Trinajstić information content (AvgIpc) is 2.45. The summed E-state index contributed by atoms with van der Waals surface area (Å²) in [5.41, 5.74) is 1.27. The minimum absolute atomic E-state index is 0.107. The zero-order chi connectivity index (χ0) is 13.7. The van der Waals surface area contributed by atoms with Crippen LogP contribution in [0.4, 0.5) is 5.69 Å². The first kappa shape index (κ1) is 13.3. The number of pyridine rings is 1. The van der Waals surface area contributed by atoms with E-state index >= 15 is 0 Å². The maximum absolute atomic E-state index is 12.1. The van der Waals surface area contributed by atoms with Crippen molar-refractivity contribution < 1.29 is 9.59 Å². The molecule has 0 unspecified atom stereocenters. The van der Waals surface area contributed by atoms with Gasteiger partial charge in [0.15, 0.2) is 0 Å². The van der Waals surface area contributed by atoms with Gasteiger partial charge in [0.25, 0.3) is 5.91 Å². The lowest BCUT2D eigenvalue weighted by Crippen LogP contribution is -2.50. The third kappa shape index (κ3) is 3.43. The summed E-state index contributed by atoms with van der Waals surface area (Å²) in [7, 11) is 0. The van der Waals surface area contributed by atoms with Gasteiger partial charge in [0, 0.05) is 19.6 Å². The predicted octanol–water partition coefficient (Wildman–Crippen LogP) is 0.475.